The van der Waals surface area contributed by atoms with E-state index in [-0.39, 0.29) is 5.91 Å². The molecular weight excluding hydrogens is 254 g/mol. The van der Waals surface area contributed by atoms with Crippen LogP contribution < -0.4 is 5.73 Å². The van der Waals surface area contributed by atoms with Gasteiger partial charge in [-0.2, -0.15) is 0 Å². The van der Waals surface area contributed by atoms with Gasteiger partial charge in [0.15, 0.2) is 0 Å². The average Bonchev–Trinajstić information content (AvgIpc) is 2.91. The standard InChI is InChI=1S/C14H25N5O/c1-3-12(4-5-15)18-6-8-19(9-7-18)14(20)13-10-17(2)11-16-13/h10-12H,3-9,15H2,1-2H3. The summed E-state index contributed by atoms with van der Waals surface area (Å²) in [6.07, 6.45) is 5.59. The Labute approximate surface area is 120 Å². The van der Waals surface area contributed by atoms with Crippen molar-refractivity contribution in [3.8, 4) is 0 Å². The van der Waals surface area contributed by atoms with Gasteiger partial charge in [0.05, 0.1) is 6.33 Å². The van der Waals surface area contributed by atoms with Gasteiger partial charge in [0.2, 0.25) is 0 Å². The fraction of sp³-hybridized carbons (Fsp3) is 0.714. The number of carbonyl (C=O) groups is 1. The van der Waals surface area contributed by atoms with Gasteiger partial charge in [-0.15, -0.1) is 0 Å². The molecule has 1 atom stereocenters. The summed E-state index contributed by atoms with van der Waals surface area (Å²) in [4.78, 5) is 20.8. The van der Waals surface area contributed by atoms with Crippen LogP contribution in [0.25, 0.3) is 0 Å². The molecule has 0 bridgehead atoms. The van der Waals surface area contributed by atoms with E-state index < -0.39 is 0 Å². The monoisotopic (exact) mass is 279 g/mol. The number of nitrogens with two attached hydrogens (primary N) is 1. The molecule has 0 saturated carbocycles. The maximum atomic E-state index is 12.3. The summed E-state index contributed by atoms with van der Waals surface area (Å²) in [6.45, 7) is 6.33. The molecule has 2 N–H and O–H groups in total. The molecule has 6 nitrogen and oxygen atoms in total. The van der Waals surface area contributed by atoms with E-state index in [1.165, 1.54) is 0 Å². The summed E-state index contributed by atoms with van der Waals surface area (Å²) in [5.41, 5.74) is 6.20. The van der Waals surface area contributed by atoms with Gasteiger partial charge in [0, 0.05) is 45.5 Å². The van der Waals surface area contributed by atoms with Crippen LogP contribution in [0.1, 0.15) is 30.3 Å². The van der Waals surface area contributed by atoms with Crippen molar-refractivity contribution in [2.75, 3.05) is 32.7 Å². The maximum absolute atomic E-state index is 12.3. The SMILES string of the molecule is CCC(CCN)N1CCN(C(=O)c2cn(C)cn2)CC1. The smallest absolute Gasteiger partial charge is 0.274 e. The molecule has 0 aromatic carbocycles. The van der Waals surface area contributed by atoms with Crippen molar-refractivity contribution >= 4 is 5.91 Å². The molecule has 0 aliphatic carbocycles. The summed E-state index contributed by atoms with van der Waals surface area (Å²) >= 11 is 0. The summed E-state index contributed by atoms with van der Waals surface area (Å²) < 4.78 is 1.80. The van der Waals surface area contributed by atoms with E-state index in [9.17, 15) is 4.79 Å². The van der Waals surface area contributed by atoms with Crippen LogP contribution >= 0.6 is 0 Å². The Kier molecular flexibility index (Phi) is 5.14. The van der Waals surface area contributed by atoms with Crippen LogP contribution in [0.3, 0.4) is 0 Å². The number of rotatable bonds is 5. The van der Waals surface area contributed by atoms with Gasteiger partial charge in [0.1, 0.15) is 5.69 Å². The van der Waals surface area contributed by atoms with Gasteiger partial charge in [-0.1, -0.05) is 6.92 Å². The second-order valence-electron chi connectivity index (χ2n) is 5.39. The Balaban J connectivity index is 1.89. The molecule has 1 aliphatic rings. The quantitative estimate of drug-likeness (QED) is 0.842. The summed E-state index contributed by atoms with van der Waals surface area (Å²) in [6, 6.07) is 0.548. The lowest BCUT2D eigenvalue weighted by atomic mass is 10.1. The number of nitrogens with zero attached hydrogens (tertiary/aromatic N) is 4. The second kappa shape index (κ2) is 6.85. The molecule has 0 radical (unpaired) electrons. The third kappa shape index (κ3) is 3.37. The Hall–Kier alpha value is -1.40. The predicted molar refractivity (Wildman–Crippen MR) is 78.4 cm³/mol. The van der Waals surface area contributed by atoms with Crippen LogP contribution in [0.2, 0.25) is 0 Å². The van der Waals surface area contributed by atoms with E-state index in [0.717, 1.165) is 45.6 Å². The summed E-state index contributed by atoms with van der Waals surface area (Å²) in [5.74, 6) is 0.0390. The molecule has 2 heterocycles. The van der Waals surface area contributed by atoms with E-state index in [1.807, 2.05) is 11.9 Å². The van der Waals surface area contributed by atoms with E-state index in [1.54, 1.807) is 17.1 Å². The molecule has 1 fully saturated rings. The minimum Gasteiger partial charge on any atom is -0.340 e. The second-order valence-corrected chi connectivity index (χ2v) is 5.39. The number of aromatic nitrogens is 2. The first-order valence-corrected chi connectivity index (χ1v) is 7.37. The van der Waals surface area contributed by atoms with Gasteiger partial charge in [0.25, 0.3) is 5.91 Å². The van der Waals surface area contributed by atoms with Crippen LogP contribution in [-0.4, -0.2) is 64.0 Å². The fourth-order valence-corrected chi connectivity index (χ4v) is 2.81. The van der Waals surface area contributed by atoms with E-state index in [0.29, 0.717) is 11.7 Å². The van der Waals surface area contributed by atoms with Crippen molar-refractivity contribution in [3.63, 3.8) is 0 Å². The van der Waals surface area contributed by atoms with E-state index in [4.69, 9.17) is 5.73 Å². The third-order valence-electron chi connectivity index (χ3n) is 4.01. The number of piperazine rings is 1. The zero-order valence-corrected chi connectivity index (χ0v) is 12.5. The van der Waals surface area contributed by atoms with Crippen molar-refractivity contribution < 1.29 is 4.79 Å². The van der Waals surface area contributed by atoms with Crippen LogP contribution in [0.5, 0.6) is 0 Å². The molecule has 1 saturated heterocycles. The molecule has 112 valence electrons. The number of carbonyl (C=O) groups excluding carboxylic acids is 1. The highest BCUT2D eigenvalue weighted by Crippen LogP contribution is 2.13. The fourth-order valence-electron chi connectivity index (χ4n) is 2.81. The summed E-state index contributed by atoms with van der Waals surface area (Å²) in [5, 5.41) is 0. The number of imidazole rings is 1. The minimum atomic E-state index is 0.0390. The molecule has 20 heavy (non-hydrogen) atoms. The number of aryl methyl sites for hydroxylation is 1. The zero-order chi connectivity index (χ0) is 14.5. The van der Waals surface area contributed by atoms with Crippen LogP contribution in [0, 0.1) is 0 Å². The zero-order valence-electron chi connectivity index (χ0n) is 12.5. The normalized spacial score (nSPS) is 18.2. The minimum absolute atomic E-state index is 0.0390. The van der Waals surface area contributed by atoms with Crippen molar-refractivity contribution in [1.82, 2.24) is 19.4 Å². The lowest BCUT2D eigenvalue weighted by Gasteiger charge is -2.38. The van der Waals surface area contributed by atoms with Crippen molar-refractivity contribution in [3.05, 3.63) is 18.2 Å². The maximum Gasteiger partial charge on any atom is 0.274 e. The molecule has 6 heteroatoms. The molecule has 2 rings (SSSR count). The average molecular weight is 279 g/mol. The van der Waals surface area contributed by atoms with Crippen LogP contribution in [0.4, 0.5) is 0 Å². The van der Waals surface area contributed by atoms with Gasteiger partial charge >= 0.3 is 0 Å². The molecule has 0 spiro atoms. The lowest BCUT2D eigenvalue weighted by Crippen LogP contribution is -2.52. The van der Waals surface area contributed by atoms with Crippen LogP contribution in [-0.2, 0) is 7.05 Å². The number of hydrogen-bond donors (Lipinski definition) is 1. The lowest BCUT2D eigenvalue weighted by molar-refractivity contribution is 0.0552. The first kappa shape index (κ1) is 15.0. The van der Waals surface area contributed by atoms with E-state index in [2.05, 4.69) is 16.8 Å². The highest BCUT2D eigenvalue weighted by molar-refractivity contribution is 5.92. The summed E-state index contributed by atoms with van der Waals surface area (Å²) in [7, 11) is 1.88. The van der Waals surface area contributed by atoms with Gasteiger partial charge in [-0.3, -0.25) is 9.69 Å². The Morgan fingerprint density at radius 2 is 2.10 bits per heavy atom. The number of hydrogen-bond acceptors (Lipinski definition) is 4. The predicted octanol–water partition coefficient (Wildman–Crippen LogP) is 0.305. The van der Waals surface area contributed by atoms with E-state index >= 15 is 0 Å². The molecule has 1 unspecified atom stereocenters. The Bertz CT molecular complexity index is 437. The molecule has 1 aromatic rings. The Morgan fingerprint density at radius 3 is 2.60 bits per heavy atom. The first-order valence-electron chi connectivity index (χ1n) is 7.37. The highest BCUT2D eigenvalue weighted by atomic mass is 16.2. The Morgan fingerprint density at radius 1 is 1.40 bits per heavy atom. The van der Waals surface area contributed by atoms with Crippen molar-refractivity contribution in [2.45, 2.75) is 25.8 Å². The molecule has 1 amide bonds. The highest BCUT2D eigenvalue weighted by Gasteiger charge is 2.26. The molecular formula is C14H25N5O. The number of amides is 1. The van der Waals surface area contributed by atoms with Gasteiger partial charge in [-0.25, -0.2) is 4.98 Å². The molecule has 1 aromatic heterocycles. The largest absolute Gasteiger partial charge is 0.340 e. The third-order valence-corrected chi connectivity index (χ3v) is 4.01. The van der Waals surface area contributed by atoms with Gasteiger partial charge in [-0.05, 0) is 19.4 Å². The van der Waals surface area contributed by atoms with Crippen molar-refractivity contribution in [1.29, 1.82) is 0 Å². The molecule has 1 aliphatic heterocycles. The van der Waals surface area contributed by atoms with Crippen molar-refractivity contribution in [2.24, 2.45) is 12.8 Å². The van der Waals surface area contributed by atoms with Gasteiger partial charge < -0.3 is 15.2 Å². The topological polar surface area (TPSA) is 67.4 Å². The first-order chi connectivity index (χ1) is 9.65. The van der Waals surface area contributed by atoms with Crippen LogP contribution in [0.15, 0.2) is 12.5 Å².